The van der Waals surface area contributed by atoms with Crippen LogP contribution in [0.25, 0.3) is 0 Å². The van der Waals surface area contributed by atoms with E-state index in [1.807, 2.05) is 6.07 Å². The number of nitriles is 1. The van der Waals surface area contributed by atoms with Crippen molar-refractivity contribution in [3.05, 3.63) is 56.4 Å². The number of nitro benzene ring substituents is 1. The number of hydrogen-bond acceptors (Lipinski definition) is 5. The molecule has 0 saturated carbocycles. The molecule has 0 fully saturated rings. The summed E-state index contributed by atoms with van der Waals surface area (Å²) < 4.78 is 5.55. The lowest BCUT2D eigenvalue weighted by atomic mass is 10.2. The Morgan fingerprint density at radius 3 is 2.67 bits per heavy atom. The molecule has 1 aromatic carbocycles. The highest BCUT2D eigenvalue weighted by molar-refractivity contribution is 6.30. The van der Waals surface area contributed by atoms with Gasteiger partial charge in [-0.3, -0.25) is 15.1 Å². The molecule has 0 saturated heterocycles. The van der Waals surface area contributed by atoms with E-state index in [0.717, 1.165) is 0 Å². The third-order valence-corrected chi connectivity index (χ3v) is 2.98. The number of nitrogens with zero attached hydrogens (tertiary/aromatic N) is 3. The van der Waals surface area contributed by atoms with Crippen LogP contribution in [0.5, 0.6) is 11.5 Å². The molecular formula is C14H10ClN3O3. The molecule has 6 nitrogen and oxygen atoms in total. The molecule has 0 radical (unpaired) electrons. The van der Waals surface area contributed by atoms with Gasteiger partial charge in [0.05, 0.1) is 10.6 Å². The number of halogens is 1. The lowest BCUT2D eigenvalue weighted by molar-refractivity contribution is -0.385. The normalized spacial score (nSPS) is 10.0. The molecule has 0 unspecified atom stereocenters. The van der Waals surface area contributed by atoms with Gasteiger partial charge in [0, 0.05) is 28.9 Å². The first kappa shape index (κ1) is 14.8. The van der Waals surface area contributed by atoms with Crippen molar-refractivity contribution in [2.75, 3.05) is 0 Å². The predicted octanol–water partition coefficient (Wildman–Crippen LogP) is 3.92. The van der Waals surface area contributed by atoms with E-state index >= 15 is 0 Å². The molecule has 2 aromatic rings. The molecule has 0 atom stereocenters. The molecule has 0 amide bonds. The van der Waals surface area contributed by atoms with Crippen LogP contribution in [0.1, 0.15) is 17.0 Å². The summed E-state index contributed by atoms with van der Waals surface area (Å²) >= 11 is 5.84. The molecule has 1 aromatic heterocycles. The van der Waals surface area contributed by atoms with Crippen LogP contribution in [0.4, 0.5) is 5.69 Å². The van der Waals surface area contributed by atoms with E-state index in [1.165, 1.54) is 18.2 Å². The fourth-order valence-corrected chi connectivity index (χ4v) is 2.01. The Morgan fingerprint density at radius 1 is 1.33 bits per heavy atom. The van der Waals surface area contributed by atoms with Crippen molar-refractivity contribution in [3.63, 3.8) is 0 Å². The van der Waals surface area contributed by atoms with Gasteiger partial charge >= 0.3 is 5.69 Å². The Balaban J connectivity index is 2.55. The fraction of sp³-hybridized carbons (Fsp3) is 0.143. The highest BCUT2D eigenvalue weighted by atomic mass is 35.5. The molecule has 0 aliphatic heterocycles. The summed E-state index contributed by atoms with van der Waals surface area (Å²) in [6.45, 7) is 3.41. The second kappa shape index (κ2) is 5.77. The van der Waals surface area contributed by atoms with E-state index in [1.54, 1.807) is 19.9 Å². The minimum atomic E-state index is -0.571. The lowest BCUT2D eigenvalue weighted by Gasteiger charge is -2.10. The topological polar surface area (TPSA) is 89.0 Å². The van der Waals surface area contributed by atoms with E-state index in [9.17, 15) is 15.4 Å². The monoisotopic (exact) mass is 303 g/mol. The van der Waals surface area contributed by atoms with Crippen LogP contribution >= 0.6 is 11.6 Å². The number of ether oxygens (including phenoxy) is 1. The summed E-state index contributed by atoms with van der Waals surface area (Å²) in [5.41, 5.74) is 1.15. The molecular weight excluding hydrogens is 294 g/mol. The smallest absolute Gasteiger partial charge is 0.311 e. The summed E-state index contributed by atoms with van der Waals surface area (Å²) in [5.74, 6) is 0.196. The molecule has 0 N–H and O–H groups in total. The van der Waals surface area contributed by atoms with Gasteiger partial charge in [0.1, 0.15) is 17.4 Å². The van der Waals surface area contributed by atoms with Crippen LogP contribution in [0, 0.1) is 35.3 Å². The quantitative estimate of drug-likeness (QED) is 0.633. The molecule has 7 heteroatoms. The fourth-order valence-electron chi connectivity index (χ4n) is 1.85. The number of benzene rings is 1. The van der Waals surface area contributed by atoms with Gasteiger partial charge in [-0.25, -0.2) is 0 Å². The van der Waals surface area contributed by atoms with Crippen molar-refractivity contribution in [1.29, 1.82) is 5.26 Å². The van der Waals surface area contributed by atoms with Crippen molar-refractivity contribution in [1.82, 2.24) is 4.98 Å². The van der Waals surface area contributed by atoms with Crippen LogP contribution in [0.15, 0.2) is 24.3 Å². The molecule has 106 valence electrons. The summed E-state index contributed by atoms with van der Waals surface area (Å²) in [6, 6.07) is 7.53. The molecule has 21 heavy (non-hydrogen) atoms. The first-order valence-corrected chi connectivity index (χ1v) is 6.30. The van der Waals surface area contributed by atoms with Gasteiger partial charge < -0.3 is 4.74 Å². The number of rotatable bonds is 3. The van der Waals surface area contributed by atoms with Crippen LogP contribution in [-0.4, -0.2) is 9.91 Å². The number of aromatic nitrogens is 1. The van der Waals surface area contributed by atoms with E-state index < -0.39 is 4.92 Å². The highest BCUT2D eigenvalue weighted by Crippen LogP contribution is 2.35. The first-order valence-electron chi connectivity index (χ1n) is 5.92. The average molecular weight is 304 g/mol. The second-order valence-corrected chi connectivity index (χ2v) is 4.74. The maximum Gasteiger partial charge on any atom is 0.311 e. The SMILES string of the molecule is Cc1cc(Oc2cc(Cl)ccc2[N+](=O)[O-])c(C#N)c(C)n1. The molecule has 0 aliphatic rings. The van der Waals surface area contributed by atoms with Crippen molar-refractivity contribution >= 4 is 17.3 Å². The number of aryl methyl sites for hydroxylation is 2. The lowest BCUT2D eigenvalue weighted by Crippen LogP contribution is -1.98. The molecule has 0 spiro atoms. The van der Waals surface area contributed by atoms with Crippen molar-refractivity contribution < 1.29 is 9.66 Å². The van der Waals surface area contributed by atoms with Gasteiger partial charge in [0.15, 0.2) is 0 Å². The Hall–Kier alpha value is -2.65. The molecule has 0 aliphatic carbocycles. The highest BCUT2D eigenvalue weighted by Gasteiger charge is 2.18. The third-order valence-electron chi connectivity index (χ3n) is 2.74. The minimum absolute atomic E-state index is 0.0194. The third kappa shape index (κ3) is 3.09. The summed E-state index contributed by atoms with van der Waals surface area (Å²) in [7, 11) is 0. The molecule has 1 heterocycles. The van der Waals surface area contributed by atoms with Gasteiger partial charge in [0.2, 0.25) is 5.75 Å². The van der Waals surface area contributed by atoms with Crippen LogP contribution in [0.2, 0.25) is 5.02 Å². The summed E-state index contributed by atoms with van der Waals surface area (Å²) in [6.07, 6.45) is 0. The predicted molar refractivity (Wildman–Crippen MR) is 76.6 cm³/mol. The van der Waals surface area contributed by atoms with E-state index in [-0.39, 0.29) is 22.7 Å². The number of hydrogen-bond donors (Lipinski definition) is 0. The van der Waals surface area contributed by atoms with Crippen LogP contribution in [0.3, 0.4) is 0 Å². The van der Waals surface area contributed by atoms with E-state index in [4.69, 9.17) is 16.3 Å². The van der Waals surface area contributed by atoms with Crippen molar-refractivity contribution in [2.24, 2.45) is 0 Å². The zero-order valence-electron chi connectivity index (χ0n) is 11.3. The second-order valence-electron chi connectivity index (χ2n) is 4.31. The van der Waals surface area contributed by atoms with Crippen LogP contribution < -0.4 is 4.74 Å². The van der Waals surface area contributed by atoms with Gasteiger partial charge in [0.25, 0.3) is 0 Å². The van der Waals surface area contributed by atoms with Crippen molar-refractivity contribution in [2.45, 2.75) is 13.8 Å². The number of pyridine rings is 1. The zero-order valence-corrected chi connectivity index (χ0v) is 12.0. The van der Waals surface area contributed by atoms with Gasteiger partial charge in [-0.05, 0) is 19.9 Å². The summed E-state index contributed by atoms with van der Waals surface area (Å²) in [5, 5.41) is 20.5. The largest absolute Gasteiger partial charge is 0.449 e. The van der Waals surface area contributed by atoms with Gasteiger partial charge in [-0.15, -0.1) is 0 Å². The molecule has 0 bridgehead atoms. The Kier molecular flexibility index (Phi) is 4.05. The van der Waals surface area contributed by atoms with Crippen molar-refractivity contribution in [3.8, 4) is 17.6 Å². The first-order chi connectivity index (χ1) is 9.92. The minimum Gasteiger partial charge on any atom is -0.449 e. The van der Waals surface area contributed by atoms with Gasteiger partial charge in [-0.1, -0.05) is 11.6 Å². The average Bonchev–Trinajstić information content (AvgIpc) is 2.37. The Labute approximate surface area is 125 Å². The van der Waals surface area contributed by atoms with E-state index in [2.05, 4.69) is 4.98 Å². The standard InChI is InChI=1S/C14H10ClN3O3/c1-8-5-13(11(7-16)9(2)17-8)21-14-6-10(15)3-4-12(14)18(19)20/h3-6H,1-2H3. The zero-order chi connectivity index (χ0) is 15.6. The molecule has 2 rings (SSSR count). The van der Waals surface area contributed by atoms with Gasteiger partial charge in [-0.2, -0.15) is 5.26 Å². The summed E-state index contributed by atoms with van der Waals surface area (Å²) in [4.78, 5) is 14.6. The Morgan fingerprint density at radius 2 is 2.05 bits per heavy atom. The maximum absolute atomic E-state index is 11.0. The maximum atomic E-state index is 11.0. The van der Waals surface area contributed by atoms with Crippen LogP contribution in [-0.2, 0) is 0 Å². The number of nitro groups is 1. The van der Waals surface area contributed by atoms with E-state index in [0.29, 0.717) is 16.4 Å². The Bertz CT molecular complexity index is 769.